The summed E-state index contributed by atoms with van der Waals surface area (Å²) in [6.45, 7) is 1.49. The predicted molar refractivity (Wildman–Crippen MR) is 89.6 cm³/mol. The summed E-state index contributed by atoms with van der Waals surface area (Å²) in [6, 6.07) is 5.74. The Morgan fingerprint density at radius 2 is 1.92 bits per heavy atom. The van der Waals surface area contributed by atoms with Crippen molar-refractivity contribution >= 4 is 34.6 Å². The number of halogens is 3. The normalized spacial score (nSPS) is 15.5. The lowest BCUT2D eigenvalue weighted by Crippen LogP contribution is -2.43. The lowest BCUT2D eigenvalue weighted by atomic mass is 10.2. The number of nitrogens with zero attached hydrogens (tertiary/aromatic N) is 2. The van der Waals surface area contributed by atoms with Crippen molar-refractivity contribution in [2.45, 2.75) is 42.3 Å². The Labute approximate surface area is 151 Å². The number of rotatable bonds is 4. The first kappa shape index (κ1) is 18.4. The molecule has 3 amide bonds. The van der Waals surface area contributed by atoms with Crippen LogP contribution in [0.1, 0.15) is 25.6 Å². The summed E-state index contributed by atoms with van der Waals surface area (Å²) in [6.07, 6.45) is -2.95. The van der Waals surface area contributed by atoms with E-state index in [0.717, 1.165) is 24.6 Å². The predicted octanol–water partition coefficient (Wildman–Crippen LogP) is 3.12. The topological polar surface area (TPSA) is 84.0 Å². The lowest BCUT2D eigenvalue weighted by Gasteiger charge is -2.14. The van der Waals surface area contributed by atoms with Gasteiger partial charge in [-0.3, -0.25) is 10.1 Å². The molecule has 0 radical (unpaired) electrons. The van der Waals surface area contributed by atoms with Crippen molar-refractivity contribution in [3.63, 3.8) is 0 Å². The van der Waals surface area contributed by atoms with E-state index in [1.54, 1.807) is 18.2 Å². The van der Waals surface area contributed by atoms with Gasteiger partial charge >= 0.3 is 12.2 Å². The number of benzene rings is 1. The first-order valence-corrected chi connectivity index (χ1v) is 8.74. The summed E-state index contributed by atoms with van der Waals surface area (Å²) < 4.78 is 39.1. The summed E-state index contributed by atoms with van der Waals surface area (Å²) in [5, 5.41) is 4.42. The maximum absolute atomic E-state index is 13.0. The number of thioether (sulfide) groups is 1. The molecule has 10 heteroatoms. The zero-order valence-electron chi connectivity index (χ0n) is 13.6. The van der Waals surface area contributed by atoms with E-state index in [1.807, 2.05) is 0 Å². The maximum atomic E-state index is 13.0. The summed E-state index contributed by atoms with van der Waals surface area (Å²) in [7, 11) is 0. The highest BCUT2D eigenvalue weighted by molar-refractivity contribution is 8.00. The van der Waals surface area contributed by atoms with E-state index in [0.29, 0.717) is 5.39 Å². The molecule has 138 valence electrons. The molecule has 1 aliphatic rings. The van der Waals surface area contributed by atoms with Gasteiger partial charge in [0.05, 0.1) is 10.8 Å². The number of aromatic nitrogens is 2. The van der Waals surface area contributed by atoms with Gasteiger partial charge in [0.2, 0.25) is 11.7 Å². The highest BCUT2D eigenvalue weighted by atomic mass is 32.2. The molecule has 1 saturated carbocycles. The second-order valence-corrected chi connectivity index (χ2v) is 7.19. The highest BCUT2D eigenvalue weighted by Gasteiger charge is 2.36. The van der Waals surface area contributed by atoms with Gasteiger partial charge < -0.3 is 5.32 Å². The van der Waals surface area contributed by atoms with Crippen LogP contribution in [0.4, 0.5) is 18.0 Å². The third kappa shape index (κ3) is 4.43. The van der Waals surface area contributed by atoms with Crippen LogP contribution in [0.25, 0.3) is 10.9 Å². The number of carbonyl (C=O) groups is 2. The van der Waals surface area contributed by atoms with Crippen molar-refractivity contribution in [2.75, 3.05) is 0 Å². The fourth-order valence-electron chi connectivity index (χ4n) is 2.15. The van der Waals surface area contributed by atoms with E-state index in [9.17, 15) is 22.8 Å². The first-order valence-electron chi connectivity index (χ1n) is 7.86. The second-order valence-electron chi connectivity index (χ2n) is 5.86. The molecule has 26 heavy (non-hydrogen) atoms. The average molecular weight is 384 g/mol. The van der Waals surface area contributed by atoms with Crippen LogP contribution in [-0.4, -0.2) is 33.2 Å². The van der Waals surface area contributed by atoms with Gasteiger partial charge in [0.25, 0.3) is 0 Å². The van der Waals surface area contributed by atoms with Crippen LogP contribution < -0.4 is 10.6 Å². The van der Waals surface area contributed by atoms with Gasteiger partial charge in [-0.25, -0.2) is 14.8 Å². The monoisotopic (exact) mass is 384 g/mol. The minimum absolute atomic E-state index is 0.0353. The molecule has 1 heterocycles. The molecule has 1 aliphatic carbocycles. The Morgan fingerprint density at radius 3 is 2.58 bits per heavy atom. The van der Waals surface area contributed by atoms with Gasteiger partial charge in [-0.1, -0.05) is 30.0 Å². The first-order chi connectivity index (χ1) is 12.2. The molecular weight excluding hydrogens is 369 g/mol. The van der Waals surface area contributed by atoms with Gasteiger partial charge in [-0.05, 0) is 25.8 Å². The Kier molecular flexibility index (Phi) is 5.03. The van der Waals surface area contributed by atoms with Crippen molar-refractivity contribution in [2.24, 2.45) is 0 Å². The van der Waals surface area contributed by atoms with Crippen LogP contribution in [0, 0.1) is 0 Å². The Balaban J connectivity index is 1.80. The van der Waals surface area contributed by atoms with Gasteiger partial charge in [-0.2, -0.15) is 13.2 Å². The number of fused-ring (bicyclic) bond motifs is 1. The van der Waals surface area contributed by atoms with Crippen molar-refractivity contribution in [1.29, 1.82) is 0 Å². The number of hydrogen-bond acceptors (Lipinski definition) is 5. The number of para-hydroxylation sites is 1. The largest absolute Gasteiger partial charge is 0.451 e. The van der Waals surface area contributed by atoms with Crippen molar-refractivity contribution in [1.82, 2.24) is 20.6 Å². The van der Waals surface area contributed by atoms with Crippen molar-refractivity contribution in [3.05, 3.63) is 30.1 Å². The lowest BCUT2D eigenvalue weighted by molar-refractivity contribution is -0.145. The van der Waals surface area contributed by atoms with E-state index in [1.165, 1.54) is 13.0 Å². The van der Waals surface area contributed by atoms with Crippen LogP contribution in [0.3, 0.4) is 0 Å². The number of nitrogens with one attached hydrogen (secondary N) is 2. The summed E-state index contributed by atoms with van der Waals surface area (Å²) in [5.74, 6) is -1.87. The van der Waals surface area contributed by atoms with Crippen molar-refractivity contribution in [3.8, 4) is 0 Å². The number of alkyl halides is 3. The van der Waals surface area contributed by atoms with E-state index in [4.69, 9.17) is 0 Å². The molecule has 2 N–H and O–H groups in total. The van der Waals surface area contributed by atoms with Crippen LogP contribution in [0.5, 0.6) is 0 Å². The number of urea groups is 1. The standard InChI is InChI=1S/C16H15F3N4O2S/c1-8(12(24)22-15(25)20-9-6-7-9)26-13-10-4-2-3-5-11(10)21-14(23-13)16(17,18)19/h2-5,8-9H,6-7H2,1H3,(H2,20,22,24,25). The van der Waals surface area contributed by atoms with Gasteiger partial charge in [0, 0.05) is 11.4 Å². The van der Waals surface area contributed by atoms with E-state index in [-0.39, 0.29) is 16.6 Å². The molecule has 0 saturated heterocycles. The van der Waals surface area contributed by atoms with Crippen LogP contribution in [0.15, 0.2) is 29.3 Å². The number of amides is 3. The third-order valence-electron chi connectivity index (χ3n) is 3.63. The number of imide groups is 1. The smallest absolute Gasteiger partial charge is 0.335 e. The van der Waals surface area contributed by atoms with E-state index in [2.05, 4.69) is 20.6 Å². The SMILES string of the molecule is CC(Sc1nc(C(F)(F)F)nc2ccccc12)C(=O)NC(=O)NC1CC1. The average Bonchev–Trinajstić information content (AvgIpc) is 3.37. The molecule has 1 atom stereocenters. The van der Waals surface area contributed by atoms with E-state index >= 15 is 0 Å². The molecule has 0 aliphatic heterocycles. The molecule has 1 fully saturated rings. The zero-order valence-corrected chi connectivity index (χ0v) is 14.4. The molecule has 1 aromatic heterocycles. The van der Waals surface area contributed by atoms with Crippen molar-refractivity contribution < 1.29 is 22.8 Å². The van der Waals surface area contributed by atoms with Crippen LogP contribution in [0.2, 0.25) is 0 Å². The van der Waals surface area contributed by atoms with Gasteiger partial charge in [-0.15, -0.1) is 0 Å². The molecule has 0 spiro atoms. The zero-order chi connectivity index (χ0) is 18.9. The Hall–Kier alpha value is -2.36. The molecular formula is C16H15F3N4O2S. The third-order valence-corrected chi connectivity index (χ3v) is 4.73. The molecule has 6 nitrogen and oxygen atoms in total. The summed E-state index contributed by atoms with van der Waals surface area (Å²) in [4.78, 5) is 30.9. The van der Waals surface area contributed by atoms with Gasteiger partial charge in [0.15, 0.2) is 0 Å². The minimum Gasteiger partial charge on any atom is -0.335 e. The Bertz CT molecular complexity index is 855. The fourth-order valence-corrected chi connectivity index (χ4v) is 3.09. The van der Waals surface area contributed by atoms with Crippen LogP contribution >= 0.6 is 11.8 Å². The van der Waals surface area contributed by atoms with Crippen LogP contribution in [-0.2, 0) is 11.0 Å². The highest BCUT2D eigenvalue weighted by Crippen LogP contribution is 2.33. The molecule has 1 unspecified atom stereocenters. The molecule has 0 bridgehead atoms. The molecule has 1 aromatic carbocycles. The fraction of sp³-hybridized carbons (Fsp3) is 0.375. The molecule has 3 rings (SSSR count). The quantitative estimate of drug-likeness (QED) is 0.625. The second kappa shape index (κ2) is 7.10. The summed E-state index contributed by atoms with van der Waals surface area (Å²) in [5.41, 5.74) is 0.136. The maximum Gasteiger partial charge on any atom is 0.451 e. The van der Waals surface area contributed by atoms with E-state index < -0.39 is 29.2 Å². The number of carbonyl (C=O) groups excluding carboxylic acids is 2. The van der Waals surface area contributed by atoms with Gasteiger partial charge in [0.1, 0.15) is 5.03 Å². The summed E-state index contributed by atoms with van der Waals surface area (Å²) >= 11 is 0.845. The molecule has 2 aromatic rings. The minimum atomic E-state index is -4.70. The number of hydrogen-bond donors (Lipinski definition) is 2. The Morgan fingerprint density at radius 1 is 1.23 bits per heavy atom.